The third-order valence-corrected chi connectivity index (χ3v) is 6.92. The standard InChI is InChI=1S/C18H24N4O3S/c23-17-5-4-8-20(14-17)12-15-11-16-13-21(9-10-22(16)19-15)26(24,25)18-6-2-1-3-7-18/h1-3,6-7,11,17,23H,4-5,8-10,12-14H2. The van der Waals surface area contributed by atoms with Crippen LogP contribution in [-0.4, -0.2) is 58.2 Å². The fraction of sp³-hybridized carbons (Fsp3) is 0.500. The molecule has 3 heterocycles. The van der Waals surface area contributed by atoms with Crippen LogP contribution < -0.4 is 0 Å². The van der Waals surface area contributed by atoms with E-state index in [-0.39, 0.29) is 6.10 Å². The first kappa shape index (κ1) is 17.7. The van der Waals surface area contributed by atoms with Crippen LogP contribution >= 0.6 is 0 Å². The number of piperidine rings is 1. The zero-order valence-electron chi connectivity index (χ0n) is 14.7. The van der Waals surface area contributed by atoms with Crippen LogP contribution in [0, 0.1) is 0 Å². The molecule has 0 radical (unpaired) electrons. The van der Waals surface area contributed by atoms with E-state index in [4.69, 9.17) is 0 Å². The molecular formula is C18H24N4O3S. The second kappa shape index (κ2) is 7.11. The molecule has 1 saturated heterocycles. The van der Waals surface area contributed by atoms with Gasteiger partial charge < -0.3 is 5.11 Å². The third-order valence-electron chi connectivity index (χ3n) is 5.06. The first-order valence-corrected chi connectivity index (χ1v) is 10.5. The number of rotatable bonds is 4. The second-order valence-corrected chi connectivity index (χ2v) is 8.97. The van der Waals surface area contributed by atoms with Crippen LogP contribution in [-0.2, 0) is 29.7 Å². The number of β-amino-alcohol motifs (C(OH)–C–C–N with tert-alkyl or cyclic N) is 1. The average molecular weight is 376 g/mol. The van der Waals surface area contributed by atoms with E-state index in [0.29, 0.717) is 37.6 Å². The maximum absolute atomic E-state index is 12.8. The van der Waals surface area contributed by atoms with Crippen LogP contribution in [0.5, 0.6) is 0 Å². The average Bonchev–Trinajstić information content (AvgIpc) is 3.04. The minimum absolute atomic E-state index is 0.257. The van der Waals surface area contributed by atoms with Crippen molar-refractivity contribution >= 4 is 10.0 Å². The van der Waals surface area contributed by atoms with Crippen molar-refractivity contribution in [1.82, 2.24) is 19.0 Å². The van der Waals surface area contributed by atoms with Crippen molar-refractivity contribution in [2.45, 2.75) is 43.5 Å². The van der Waals surface area contributed by atoms with Gasteiger partial charge in [-0.05, 0) is 37.6 Å². The first-order valence-electron chi connectivity index (χ1n) is 9.03. The number of aromatic nitrogens is 2. The van der Waals surface area contributed by atoms with Crippen LogP contribution in [0.15, 0.2) is 41.3 Å². The molecule has 7 nitrogen and oxygen atoms in total. The molecule has 8 heteroatoms. The van der Waals surface area contributed by atoms with Crippen LogP contribution in [0.2, 0.25) is 0 Å². The molecule has 1 aromatic heterocycles. The maximum Gasteiger partial charge on any atom is 0.243 e. The molecule has 1 fully saturated rings. The van der Waals surface area contributed by atoms with E-state index >= 15 is 0 Å². The summed E-state index contributed by atoms with van der Waals surface area (Å²) in [6.07, 6.45) is 1.60. The lowest BCUT2D eigenvalue weighted by Gasteiger charge is -2.29. The van der Waals surface area contributed by atoms with E-state index in [1.807, 2.05) is 16.8 Å². The second-order valence-electron chi connectivity index (χ2n) is 7.03. The van der Waals surface area contributed by atoms with Crippen molar-refractivity contribution in [3.05, 3.63) is 47.8 Å². The number of aliphatic hydroxyl groups excluding tert-OH is 1. The number of sulfonamides is 1. The zero-order chi connectivity index (χ0) is 18.1. The lowest BCUT2D eigenvalue weighted by Crippen LogP contribution is -2.38. The number of nitrogens with zero attached hydrogens (tertiary/aromatic N) is 4. The summed E-state index contributed by atoms with van der Waals surface area (Å²) in [5.74, 6) is 0. The minimum Gasteiger partial charge on any atom is -0.392 e. The van der Waals surface area contributed by atoms with Gasteiger partial charge >= 0.3 is 0 Å². The van der Waals surface area contributed by atoms with E-state index in [9.17, 15) is 13.5 Å². The van der Waals surface area contributed by atoms with Crippen LogP contribution in [0.4, 0.5) is 0 Å². The van der Waals surface area contributed by atoms with Crippen molar-refractivity contribution < 1.29 is 13.5 Å². The number of likely N-dealkylation sites (tertiary alicyclic amines) is 1. The van der Waals surface area contributed by atoms with Crippen molar-refractivity contribution in [2.24, 2.45) is 0 Å². The lowest BCUT2D eigenvalue weighted by atomic mass is 10.1. The first-order chi connectivity index (χ1) is 12.5. The molecule has 0 saturated carbocycles. The van der Waals surface area contributed by atoms with Crippen molar-refractivity contribution in [3.8, 4) is 0 Å². The molecule has 140 valence electrons. The highest BCUT2D eigenvalue weighted by atomic mass is 32.2. The lowest BCUT2D eigenvalue weighted by molar-refractivity contribution is 0.0661. The smallest absolute Gasteiger partial charge is 0.243 e. The summed E-state index contributed by atoms with van der Waals surface area (Å²) < 4.78 is 29.1. The topological polar surface area (TPSA) is 78.7 Å². The number of aliphatic hydroxyl groups is 1. The Morgan fingerprint density at radius 1 is 1.15 bits per heavy atom. The summed E-state index contributed by atoms with van der Waals surface area (Å²) in [4.78, 5) is 2.54. The molecule has 0 bridgehead atoms. The number of fused-ring (bicyclic) bond motifs is 1. The largest absolute Gasteiger partial charge is 0.392 e. The summed E-state index contributed by atoms with van der Waals surface area (Å²) in [7, 11) is -3.48. The third kappa shape index (κ3) is 3.55. The van der Waals surface area contributed by atoms with Gasteiger partial charge in [-0.3, -0.25) is 9.58 Å². The Labute approximate surface area is 153 Å². The van der Waals surface area contributed by atoms with E-state index in [2.05, 4.69) is 10.00 Å². The minimum atomic E-state index is -3.48. The number of hydrogen-bond donors (Lipinski definition) is 1. The van der Waals surface area contributed by atoms with E-state index in [1.54, 1.807) is 24.3 Å². The molecule has 26 heavy (non-hydrogen) atoms. The van der Waals surface area contributed by atoms with Gasteiger partial charge in [0.15, 0.2) is 0 Å². The predicted octanol–water partition coefficient (Wildman–Crippen LogP) is 1.04. The highest BCUT2D eigenvalue weighted by molar-refractivity contribution is 7.89. The Balaban J connectivity index is 1.48. The van der Waals surface area contributed by atoms with Gasteiger partial charge in [-0.25, -0.2) is 8.42 Å². The molecule has 1 unspecified atom stereocenters. The molecule has 1 aromatic carbocycles. The molecule has 0 amide bonds. The molecule has 1 N–H and O–H groups in total. The van der Waals surface area contributed by atoms with Gasteiger partial charge in [-0.2, -0.15) is 9.40 Å². The number of hydrogen-bond acceptors (Lipinski definition) is 5. The van der Waals surface area contributed by atoms with Crippen LogP contribution in [0.3, 0.4) is 0 Å². The van der Waals surface area contributed by atoms with Gasteiger partial charge in [-0.1, -0.05) is 18.2 Å². The summed E-state index contributed by atoms with van der Waals surface area (Å²) in [6.45, 7) is 3.66. The Bertz CT molecular complexity index is 866. The summed E-state index contributed by atoms with van der Waals surface area (Å²) in [5, 5.41) is 14.4. The normalized spacial score (nSPS) is 22.3. The monoisotopic (exact) mass is 376 g/mol. The Hall–Kier alpha value is -1.74. The maximum atomic E-state index is 12.8. The molecule has 0 aliphatic carbocycles. The fourth-order valence-corrected chi connectivity index (χ4v) is 5.15. The van der Waals surface area contributed by atoms with Crippen molar-refractivity contribution in [1.29, 1.82) is 0 Å². The molecule has 4 rings (SSSR count). The molecule has 0 spiro atoms. The Kier molecular flexibility index (Phi) is 4.83. The summed E-state index contributed by atoms with van der Waals surface area (Å²) in [6, 6.07) is 10.6. The van der Waals surface area contributed by atoms with Crippen molar-refractivity contribution in [3.63, 3.8) is 0 Å². The van der Waals surface area contributed by atoms with E-state index in [0.717, 1.165) is 30.8 Å². The van der Waals surface area contributed by atoms with Crippen LogP contribution in [0.25, 0.3) is 0 Å². The SMILES string of the molecule is O=S(=O)(c1ccccc1)N1CCn2nc(CN3CCCC(O)C3)cc2C1. The van der Waals surface area contributed by atoms with E-state index in [1.165, 1.54) is 4.31 Å². The highest BCUT2D eigenvalue weighted by Crippen LogP contribution is 2.22. The van der Waals surface area contributed by atoms with E-state index < -0.39 is 10.0 Å². The predicted molar refractivity (Wildman–Crippen MR) is 96.8 cm³/mol. The highest BCUT2D eigenvalue weighted by Gasteiger charge is 2.29. The molecular weight excluding hydrogens is 352 g/mol. The quantitative estimate of drug-likeness (QED) is 0.863. The summed E-state index contributed by atoms with van der Waals surface area (Å²) in [5.41, 5.74) is 1.86. The van der Waals surface area contributed by atoms with Crippen molar-refractivity contribution in [2.75, 3.05) is 19.6 Å². The Morgan fingerprint density at radius 3 is 2.73 bits per heavy atom. The molecule has 2 aromatic rings. The van der Waals surface area contributed by atoms with Crippen LogP contribution in [0.1, 0.15) is 24.2 Å². The fourth-order valence-electron chi connectivity index (χ4n) is 3.73. The van der Waals surface area contributed by atoms with Gasteiger partial charge in [0.25, 0.3) is 0 Å². The molecule has 2 aliphatic rings. The zero-order valence-corrected chi connectivity index (χ0v) is 15.5. The van der Waals surface area contributed by atoms with Gasteiger partial charge in [0.05, 0.1) is 35.5 Å². The van der Waals surface area contributed by atoms with Gasteiger partial charge in [0, 0.05) is 19.6 Å². The molecule has 2 aliphatic heterocycles. The van der Waals surface area contributed by atoms with Gasteiger partial charge in [0.2, 0.25) is 10.0 Å². The van der Waals surface area contributed by atoms with Gasteiger partial charge in [-0.15, -0.1) is 0 Å². The molecule has 1 atom stereocenters. The number of benzene rings is 1. The van der Waals surface area contributed by atoms with Gasteiger partial charge in [0.1, 0.15) is 0 Å². The Morgan fingerprint density at radius 2 is 1.96 bits per heavy atom. The summed E-state index contributed by atoms with van der Waals surface area (Å²) >= 11 is 0.